The minimum absolute atomic E-state index is 0.159. The highest BCUT2D eigenvalue weighted by Crippen LogP contribution is 2.09. The summed E-state index contributed by atoms with van der Waals surface area (Å²) < 4.78 is 7.36. The van der Waals surface area contributed by atoms with Gasteiger partial charge in [-0.3, -0.25) is 4.68 Å². The van der Waals surface area contributed by atoms with Crippen molar-refractivity contribution in [1.82, 2.24) is 9.78 Å². The molecular formula is C13H24N2O2. The van der Waals surface area contributed by atoms with E-state index in [9.17, 15) is 5.11 Å². The Morgan fingerprint density at radius 3 is 2.65 bits per heavy atom. The molecule has 4 nitrogen and oxygen atoms in total. The van der Waals surface area contributed by atoms with Crippen LogP contribution in [0.1, 0.15) is 39.1 Å². The van der Waals surface area contributed by atoms with Gasteiger partial charge in [-0.2, -0.15) is 5.10 Å². The van der Waals surface area contributed by atoms with Gasteiger partial charge in [0.05, 0.1) is 24.5 Å². The molecule has 1 aromatic heterocycles. The lowest BCUT2D eigenvalue weighted by Gasteiger charge is -2.13. The second-order valence-electron chi connectivity index (χ2n) is 4.54. The molecule has 0 amide bonds. The molecule has 0 aliphatic carbocycles. The van der Waals surface area contributed by atoms with Crippen LogP contribution in [0.15, 0.2) is 6.07 Å². The molecule has 1 heterocycles. The highest BCUT2D eigenvalue weighted by Gasteiger charge is 2.12. The van der Waals surface area contributed by atoms with Gasteiger partial charge in [0, 0.05) is 18.7 Å². The summed E-state index contributed by atoms with van der Waals surface area (Å²) >= 11 is 0. The van der Waals surface area contributed by atoms with E-state index in [1.807, 2.05) is 18.5 Å². The van der Waals surface area contributed by atoms with Crippen molar-refractivity contribution in [2.45, 2.75) is 59.3 Å². The number of nitrogens with zero attached hydrogens (tertiary/aromatic N) is 2. The van der Waals surface area contributed by atoms with Crippen molar-refractivity contribution >= 4 is 0 Å². The third kappa shape index (κ3) is 4.48. The van der Waals surface area contributed by atoms with E-state index in [1.54, 1.807) is 0 Å². The number of aromatic nitrogens is 2. The van der Waals surface area contributed by atoms with Crippen molar-refractivity contribution < 1.29 is 9.84 Å². The standard InChI is InChI=1S/C13H24N2O2/c1-5-11-7-12(15(6-2)14-11)8-13(16)9-17-10(3)4/h7,10,13,16H,5-6,8-9H2,1-4H3. The minimum atomic E-state index is -0.455. The Morgan fingerprint density at radius 2 is 2.12 bits per heavy atom. The van der Waals surface area contributed by atoms with E-state index in [0.29, 0.717) is 13.0 Å². The number of hydrogen-bond acceptors (Lipinski definition) is 3. The normalized spacial score (nSPS) is 13.3. The Morgan fingerprint density at radius 1 is 1.41 bits per heavy atom. The predicted octanol–water partition coefficient (Wildman–Crippen LogP) is 1.79. The van der Waals surface area contributed by atoms with E-state index in [4.69, 9.17) is 4.74 Å². The van der Waals surface area contributed by atoms with Gasteiger partial charge in [-0.15, -0.1) is 0 Å². The highest BCUT2D eigenvalue weighted by atomic mass is 16.5. The first kappa shape index (κ1) is 14.2. The molecule has 0 saturated carbocycles. The van der Waals surface area contributed by atoms with Gasteiger partial charge in [0.2, 0.25) is 0 Å². The molecule has 98 valence electrons. The van der Waals surface area contributed by atoms with Crippen LogP contribution in [0.5, 0.6) is 0 Å². The van der Waals surface area contributed by atoms with E-state index in [0.717, 1.165) is 24.4 Å². The molecule has 4 heteroatoms. The fraction of sp³-hybridized carbons (Fsp3) is 0.769. The third-order valence-electron chi connectivity index (χ3n) is 2.64. The van der Waals surface area contributed by atoms with Crippen LogP contribution < -0.4 is 0 Å². The van der Waals surface area contributed by atoms with Gasteiger partial charge in [-0.25, -0.2) is 0 Å². The molecule has 1 aromatic rings. The fourth-order valence-corrected chi connectivity index (χ4v) is 1.73. The SMILES string of the molecule is CCc1cc(CC(O)COC(C)C)n(CC)n1. The molecule has 0 fully saturated rings. The predicted molar refractivity (Wildman–Crippen MR) is 68.1 cm³/mol. The van der Waals surface area contributed by atoms with Crippen molar-refractivity contribution in [2.75, 3.05) is 6.61 Å². The Hall–Kier alpha value is -0.870. The van der Waals surface area contributed by atoms with Crippen LogP contribution in [-0.2, 0) is 24.1 Å². The van der Waals surface area contributed by atoms with Crippen molar-refractivity contribution in [3.8, 4) is 0 Å². The van der Waals surface area contributed by atoms with Crippen LogP contribution in [-0.4, -0.2) is 33.7 Å². The van der Waals surface area contributed by atoms with E-state index < -0.39 is 6.10 Å². The molecule has 0 saturated heterocycles. The first-order valence-corrected chi connectivity index (χ1v) is 6.42. The molecule has 0 aliphatic heterocycles. The summed E-state index contributed by atoms with van der Waals surface area (Å²) in [7, 11) is 0. The highest BCUT2D eigenvalue weighted by molar-refractivity contribution is 5.11. The molecule has 1 N–H and O–H groups in total. The smallest absolute Gasteiger partial charge is 0.0828 e. The summed E-state index contributed by atoms with van der Waals surface area (Å²) in [5, 5.41) is 14.3. The molecule has 17 heavy (non-hydrogen) atoms. The molecular weight excluding hydrogens is 216 g/mol. The lowest BCUT2D eigenvalue weighted by atomic mass is 10.2. The maximum absolute atomic E-state index is 9.89. The third-order valence-corrected chi connectivity index (χ3v) is 2.64. The van der Waals surface area contributed by atoms with E-state index in [-0.39, 0.29) is 6.10 Å². The molecule has 1 atom stereocenters. The number of ether oxygens (including phenoxy) is 1. The first-order valence-electron chi connectivity index (χ1n) is 6.42. The van der Waals surface area contributed by atoms with Gasteiger partial charge in [0.15, 0.2) is 0 Å². The molecule has 0 aromatic carbocycles. The largest absolute Gasteiger partial charge is 0.390 e. The summed E-state index contributed by atoms with van der Waals surface area (Å²) in [4.78, 5) is 0. The topological polar surface area (TPSA) is 47.3 Å². The summed E-state index contributed by atoms with van der Waals surface area (Å²) in [5.74, 6) is 0. The molecule has 0 bridgehead atoms. The molecule has 0 radical (unpaired) electrons. The molecule has 0 aliphatic rings. The number of aryl methyl sites for hydroxylation is 2. The van der Waals surface area contributed by atoms with Crippen LogP contribution in [0.25, 0.3) is 0 Å². The van der Waals surface area contributed by atoms with E-state index in [2.05, 4.69) is 25.0 Å². The quantitative estimate of drug-likeness (QED) is 0.790. The van der Waals surface area contributed by atoms with Gasteiger partial charge in [-0.1, -0.05) is 6.92 Å². The Bertz CT molecular complexity index is 334. The van der Waals surface area contributed by atoms with Crippen LogP contribution in [0.4, 0.5) is 0 Å². The fourth-order valence-electron chi connectivity index (χ4n) is 1.73. The number of hydrogen-bond donors (Lipinski definition) is 1. The van der Waals surface area contributed by atoms with Crippen molar-refractivity contribution in [2.24, 2.45) is 0 Å². The summed E-state index contributed by atoms with van der Waals surface area (Å²) in [6, 6.07) is 2.07. The molecule has 1 rings (SSSR count). The van der Waals surface area contributed by atoms with E-state index in [1.165, 1.54) is 0 Å². The zero-order valence-electron chi connectivity index (χ0n) is 11.3. The van der Waals surface area contributed by atoms with Crippen LogP contribution in [0.3, 0.4) is 0 Å². The minimum Gasteiger partial charge on any atom is -0.390 e. The second kappa shape index (κ2) is 6.77. The maximum atomic E-state index is 9.89. The number of rotatable bonds is 7. The van der Waals surface area contributed by atoms with Gasteiger partial charge >= 0.3 is 0 Å². The zero-order chi connectivity index (χ0) is 12.8. The number of aliphatic hydroxyl groups excluding tert-OH is 1. The van der Waals surface area contributed by atoms with Gasteiger partial charge < -0.3 is 9.84 Å². The molecule has 1 unspecified atom stereocenters. The Balaban J connectivity index is 2.57. The summed E-state index contributed by atoms with van der Waals surface area (Å²) in [6.45, 7) is 9.31. The average molecular weight is 240 g/mol. The summed E-state index contributed by atoms with van der Waals surface area (Å²) in [5.41, 5.74) is 2.17. The zero-order valence-corrected chi connectivity index (χ0v) is 11.3. The van der Waals surface area contributed by atoms with Crippen molar-refractivity contribution in [3.63, 3.8) is 0 Å². The van der Waals surface area contributed by atoms with Gasteiger partial charge in [-0.05, 0) is 33.3 Å². The molecule has 0 spiro atoms. The van der Waals surface area contributed by atoms with Crippen LogP contribution >= 0.6 is 0 Å². The lowest BCUT2D eigenvalue weighted by molar-refractivity contribution is 0.00550. The maximum Gasteiger partial charge on any atom is 0.0828 e. The van der Waals surface area contributed by atoms with Crippen molar-refractivity contribution in [3.05, 3.63) is 17.5 Å². The Kier molecular flexibility index (Phi) is 5.65. The van der Waals surface area contributed by atoms with Crippen LogP contribution in [0.2, 0.25) is 0 Å². The Labute approximate surface area is 104 Å². The van der Waals surface area contributed by atoms with E-state index >= 15 is 0 Å². The first-order chi connectivity index (χ1) is 8.06. The second-order valence-corrected chi connectivity index (χ2v) is 4.54. The van der Waals surface area contributed by atoms with Gasteiger partial charge in [0.25, 0.3) is 0 Å². The van der Waals surface area contributed by atoms with Crippen molar-refractivity contribution in [1.29, 1.82) is 0 Å². The monoisotopic (exact) mass is 240 g/mol. The number of aliphatic hydroxyl groups is 1. The van der Waals surface area contributed by atoms with Crippen LogP contribution in [0, 0.1) is 0 Å². The lowest BCUT2D eigenvalue weighted by Crippen LogP contribution is -2.22. The van der Waals surface area contributed by atoms with Gasteiger partial charge in [0.1, 0.15) is 0 Å². The average Bonchev–Trinajstić information content (AvgIpc) is 2.68. The summed E-state index contributed by atoms with van der Waals surface area (Å²) in [6.07, 6.45) is 1.24.